The van der Waals surface area contributed by atoms with Crippen LogP contribution < -0.4 is 10.6 Å². The Morgan fingerprint density at radius 1 is 0.517 bits per heavy atom. The molecule has 1 atom stereocenters. The van der Waals surface area contributed by atoms with E-state index < -0.39 is 0 Å². The van der Waals surface area contributed by atoms with Crippen molar-refractivity contribution in [2.75, 3.05) is 0 Å². The van der Waals surface area contributed by atoms with Gasteiger partial charge in [-0.1, -0.05) is 146 Å². The molecule has 12 rings (SSSR count). The van der Waals surface area contributed by atoms with Crippen LogP contribution in [0.5, 0.6) is 0 Å². The van der Waals surface area contributed by atoms with Crippen molar-refractivity contribution in [2.45, 2.75) is 38.1 Å². The number of benzene rings is 6. The van der Waals surface area contributed by atoms with Crippen LogP contribution in [0.3, 0.4) is 0 Å². The van der Waals surface area contributed by atoms with Crippen molar-refractivity contribution in [3.05, 3.63) is 192 Å². The van der Waals surface area contributed by atoms with Gasteiger partial charge in [-0.2, -0.15) is 0 Å². The fraction of sp³-hybridized carbons (Fsp3) is 0.109. The summed E-state index contributed by atoms with van der Waals surface area (Å²) in [6.07, 6.45) is 18.9. The van der Waals surface area contributed by atoms with Crippen molar-refractivity contribution in [3.8, 4) is 50.3 Å². The van der Waals surface area contributed by atoms with Gasteiger partial charge in [0.25, 0.3) is 0 Å². The summed E-state index contributed by atoms with van der Waals surface area (Å²) in [4.78, 5) is 5.39. The lowest BCUT2D eigenvalue weighted by molar-refractivity contribution is 0.598. The molecular formula is C55H41N3. The average molecular weight is 744 g/mol. The quantitative estimate of drug-likeness (QED) is 0.172. The van der Waals surface area contributed by atoms with Gasteiger partial charge in [-0.15, -0.1) is 0 Å². The Morgan fingerprint density at radius 3 is 2.09 bits per heavy atom. The third-order valence-electron chi connectivity index (χ3n) is 12.8. The Hall–Kier alpha value is -6.97. The molecule has 0 saturated heterocycles. The molecule has 0 saturated carbocycles. The molecule has 0 spiro atoms. The third-order valence-corrected chi connectivity index (χ3v) is 12.8. The van der Waals surface area contributed by atoms with Crippen LogP contribution >= 0.6 is 0 Å². The highest BCUT2D eigenvalue weighted by Crippen LogP contribution is 2.45. The second kappa shape index (κ2) is 13.3. The summed E-state index contributed by atoms with van der Waals surface area (Å²) >= 11 is 0. The summed E-state index contributed by atoms with van der Waals surface area (Å²) in [5.74, 6) is 0.950. The first-order chi connectivity index (χ1) is 28.8. The Balaban J connectivity index is 1.02. The molecule has 0 fully saturated rings. The maximum atomic E-state index is 5.39. The van der Waals surface area contributed by atoms with Crippen LogP contribution in [-0.2, 0) is 12.8 Å². The molecule has 0 radical (unpaired) electrons. The zero-order valence-corrected chi connectivity index (χ0v) is 32.3. The van der Waals surface area contributed by atoms with Crippen LogP contribution in [0.25, 0.3) is 95.2 Å². The highest BCUT2D eigenvalue weighted by molar-refractivity contribution is 6.11. The summed E-state index contributed by atoms with van der Waals surface area (Å²) in [6.45, 7) is 0. The molecule has 3 heterocycles. The molecule has 1 unspecified atom stereocenters. The number of nitrogens with zero attached hydrogens (tertiary/aromatic N) is 3. The molecule has 276 valence electrons. The highest BCUT2D eigenvalue weighted by Gasteiger charge is 2.27. The predicted octanol–water partition coefficient (Wildman–Crippen LogP) is 12.3. The number of pyridine rings is 1. The van der Waals surface area contributed by atoms with Crippen molar-refractivity contribution in [1.29, 1.82) is 0 Å². The number of hydrogen-bond donors (Lipinski definition) is 0. The number of aromatic nitrogens is 3. The van der Waals surface area contributed by atoms with Gasteiger partial charge in [0.15, 0.2) is 0 Å². The average Bonchev–Trinajstić information content (AvgIpc) is 3.82. The minimum absolute atomic E-state index is 0.330. The number of hydrogen-bond acceptors (Lipinski definition) is 1. The Kier molecular flexibility index (Phi) is 7.62. The maximum Gasteiger partial charge on any atom is 0.138 e. The van der Waals surface area contributed by atoms with E-state index in [1.54, 1.807) is 0 Å². The van der Waals surface area contributed by atoms with E-state index in [1.165, 1.54) is 93.7 Å². The van der Waals surface area contributed by atoms with Crippen LogP contribution in [0, 0.1) is 0 Å². The molecule has 3 aliphatic carbocycles. The number of para-hydroxylation sites is 1. The van der Waals surface area contributed by atoms with Gasteiger partial charge in [0.2, 0.25) is 0 Å². The van der Waals surface area contributed by atoms with E-state index in [4.69, 9.17) is 4.98 Å². The summed E-state index contributed by atoms with van der Waals surface area (Å²) < 4.78 is 5.01. The SMILES string of the molecule is C1=CCC(n2c3c(c4cc(-c5ccc6c(c5)c5ccccc5n6-c5cc(-c6ccc(-c7ccccc7)cc6)c6c(n5)=CCCC=6)ccc42)-c2ccccc2CC3)C=C1. The second-order valence-electron chi connectivity index (χ2n) is 16.0. The zero-order valence-electron chi connectivity index (χ0n) is 32.3. The summed E-state index contributed by atoms with van der Waals surface area (Å²) in [6, 6.07) is 54.4. The molecule has 3 aromatic heterocycles. The third kappa shape index (κ3) is 5.23. The van der Waals surface area contributed by atoms with Crippen molar-refractivity contribution in [2.24, 2.45) is 0 Å². The maximum absolute atomic E-state index is 5.39. The first-order valence-electron chi connectivity index (χ1n) is 20.8. The Morgan fingerprint density at radius 2 is 1.22 bits per heavy atom. The van der Waals surface area contributed by atoms with Gasteiger partial charge in [-0.3, -0.25) is 4.57 Å². The van der Waals surface area contributed by atoms with Crippen molar-refractivity contribution in [1.82, 2.24) is 14.1 Å². The van der Waals surface area contributed by atoms with Gasteiger partial charge in [-0.25, -0.2) is 4.98 Å². The number of rotatable bonds is 5. The molecule has 0 aliphatic heterocycles. The van der Waals surface area contributed by atoms with Gasteiger partial charge >= 0.3 is 0 Å². The largest absolute Gasteiger partial charge is 0.337 e. The van der Waals surface area contributed by atoms with Gasteiger partial charge in [0.1, 0.15) is 5.82 Å². The van der Waals surface area contributed by atoms with E-state index in [9.17, 15) is 0 Å². The monoisotopic (exact) mass is 743 g/mol. The van der Waals surface area contributed by atoms with Crippen molar-refractivity contribution in [3.63, 3.8) is 0 Å². The second-order valence-corrected chi connectivity index (χ2v) is 16.0. The first kappa shape index (κ1) is 33.2. The molecule has 6 aromatic carbocycles. The Bertz CT molecular complexity index is 3300. The highest BCUT2D eigenvalue weighted by atomic mass is 15.1. The molecule has 3 nitrogen and oxygen atoms in total. The molecule has 3 heteroatoms. The van der Waals surface area contributed by atoms with Crippen molar-refractivity contribution < 1.29 is 0 Å². The molecule has 9 aromatic rings. The van der Waals surface area contributed by atoms with Crippen LogP contribution in [0.4, 0.5) is 0 Å². The number of allylic oxidation sites excluding steroid dienone is 4. The zero-order chi connectivity index (χ0) is 38.2. The van der Waals surface area contributed by atoms with E-state index in [-0.39, 0.29) is 0 Å². The van der Waals surface area contributed by atoms with Gasteiger partial charge < -0.3 is 4.57 Å². The number of aryl methyl sites for hydroxylation is 1. The molecule has 58 heavy (non-hydrogen) atoms. The normalized spacial score (nSPS) is 15.6. The van der Waals surface area contributed by atoms with Gasteiger partial charge in [0, 0.05) is 38.2 Å². The van der Waals surface area contributed by atoms with E-state index in [0.717, 1.165) is 43.3 Å². The summed E-state index contributed by atoms with van der Waals surface area (Å²) in [7, 11) is 0. The smallest absolute Gasteiger partial charge is 0.138 e. The molecule has 3 aliphatic rings. The topological polar surface area (TPSA) is 22.8 Å². The molecule has 0 amide bonds. The predicted molar refractivity (Wildman–Crippen MR) is 243 cm³/mol. The summed E-state index contributed by atoms with van der Waals surface area (Å²) in [5, 5.41) is 6.12. The Labute approximate surface area is 337 Å². The van der Waals surface area contributed by atoms with Gasteiger partial charge in [-0.05, 0) is 113 Å². The van der Waals surface area contributed by atoms with E-state index in [0.29, 0.717) is 6.04 Å². The van der Waals surface area contributed by atoms with Crippen LogP contribution in [0.15, 0.2) is 170 Å². The molecule has 0 bridgehead atoms. The van der Waals surface area contributed by atoms with Gasteiger partial charge in [0.05, 0.1) is 22.4 Å². The lowest BCUT2D eigenvalue weighted by Gasteiger charge is -2.24. The van der Waals surface area contributed by atoms with Crippen LogP contribution in [0.1, 0.15) is 36.6 Å². The standard InChI is InChI=1S/C55H41N3/c1-3-13-36(14-4-1)37-23-25-39(26-24-37)46-35-54(56-49-21-11-9-19-44(46)49)58-50-22-12-10-20-45(50)47-33-40(28-30-51(47)58)41-29-31-52-48(34-41)55-43-18-8-7-15-38(43)27-32-53(55)57(52)42-16-5-2-6-17-42/h1-8,10,12-16,18-26,28-31,33-35,42H,9,11,17,27,32H2. The van der Waals surface area contributed by atoms with E-state index in [1.807, 2.05) is 0 Å². The minimum Gasteiger partial charge on any atom is -0.337 e. The molecule has 0 N–H and O–H groups in total. The van der Waals surface area contributed by atoms with Crippen LogP contribution in [0.2, 0.25) is 0 Å². The fourth-order valence-corrected chi connectivity index (χ4v) is 10.1. The fourth-order valence-electron chi connectivity index (χ4n) is 10.1. The number of fused-ring (bicyclic) bond motifs is 9. The minimum atomic E-state index is 0.330. The van der Waals surface area contributed by atoms with Crippen molar-refractivity contribution >= 4 is 44.9 Å². The van der Waals surface area contributed by atoms with E-state index in [2.05, 4.69) is 191 Å². The summed E-state index contributed by atoms with van der Waals surface area (Å²) in [5.41, 5.74) is 16.7. The van der Waals surface area contributed by atoms with Crippen LogP contribution in [-0.4, -0.2) is 14.1 Å². The lowest BCUT2D eigenvalue weighted by Crippen LogP contribution is -2.33. The first-order valence-corrected chi connectivity index (χ1v) is 20.8. The van der Waals surface area contributed by atoms with E-state index >= 15 is 0 Å². The lowest BCUT2D eigenvalue weighted by atomic mass is 9.87. The molecular weight excluding hydrogens is 703 g/mol.